The molecule has 0 bridgehead atoms. The third-order valence-corrected chi connectivity index (χ3v) is 8.40. The van der Waals surface area contributed by atoms with Crippen molar-refractivity contribution in [1.82, 2.24) is 9.97 Å². The number of carbonyl (C=O) groups is 1. The molecule has 0 N–H and O–H groups in total. The van der Waals surface area contributed by atoms with Crippen molar-refractivity contribution in [3.05, 3.63) is 65.0 Å². The molecule has 2 aliphatic heterocycles. The van der Waals surface area contributed by atoms with Gasteiger partial charge in [0.15, 0.2) is 5.82 Å². The van der Waals surface area contributed by atoms with Crippen molar-refractivity contribution >= 4 is 38.9 Å². The molecule has 0 unspecified atom stereocenters. The molecule has 0 atom stereocenters. The van der Waals surface area contributed by atoms with Gasteiger partial charge in [0, 0.05) is 44.0 Å². The largest absolute Gasteiger partial charge is 0.493 e. The van der Waals surface area contributed by atoms with Crippen LogP contribution < -0.4 is 18.8 Å². The van der Waals surface area contributed by atoms with Crippen molar-refractivity contribution in [2.45, 2.75) is 32.9 Å². The fourth-order valence-corrected chi connectivity index (χ4v) is 6.49. The fraction of sp³-hybridized carbons (Fsp3) is 0.346. The molecule has 10 heteroatoms. The van der Waals surface area contributed by atoms with Gasteiger partial charge in [-0.15, -0.1) is 0 Å². The summed E-state index contributed by atoms with van der Waals surface area (Å²) in [5.74, 6) is 1.66. The minimum absolute atomic E-state index is 0.0610. The number of aryl methyl sites for hydroxylation is 1. The van der Waals surface area contributed by atoms with E-state index in [1.54, 1.807) is 24.2 Å². The minimum atomic E-state index is -3.36. The summed E-state index contributed by atoms with van der Waals surface area (Å²) in [7, 11) is -1.61. The highest BCUT2D eigenvalue weighted by molar-refractivity contribution is 7.92. The van der Waals surface area contributed by atoms with Crippen LogP contribution in [-0.2, 0) is 22.2 Å². The van der Waals surface area contributed by atoms with Gasteiger partial charge in [0.1, 0.15) is 17.3 Å². The van der Waals surface area contributed by atoms with Gasteiger partial charge in [-0.2, -0.15) is 0 Å². The van der Waals surface area contributed by atoms with E-state index in [1.807, 2.05) is 56.0 Å². The Morgan fingerprint density at radius 3 is 2.61 bits per heavy atom. The van der Waals surface area contributed by atoms with Crippen LogP contribution in [0.4, 0.5) is 23.0 Å². The van der Waals surface area contributed by atoms with Crippen LogP contribution in [0.3, 0.4) is 0 Å². The third kappa shape index (κ3) is 3.95. The van der Waals surface area contributed by atoms with Crippen molar-refractivity contribution in [3.8, 4) is 5.75 Å². The van der Waals surface area contributed by atoms with Crippen LogP contribution in [0.25, 0.3) is 0 Å². The highest BCUT2D eigenvalue weighted by Crippen LogP contribution is 2.40. The summed E-state index contributed by atoms with van der Waals surface area (Å²) in [5, 5.41) is 0. The number of pyridine rings is 2. The SMILES string of the molecule is CCN1c2ncc(CCOc3cccc4c3CS(=O)(=O)N4CC)cc2C(=O)N(C)c2ccc(C)nc21. The van der Waals surface area contributed by atoms with E-state index in [4.69, 9.17) is 9.72 Å². The van der Waals surface area contributed by atoms with E-state index >= 15 is 0 Å². The number of anilines is 4. The predicted octanol–water partition coefficient (Wildman–Crippen LogP) is 3.82. The molecule has 188 valence electrons. The van der Waals surface area contributed by atoms with Crippen LogP contribution in [0, 0.1) is 6.92 Å². The van der Waals surface area contributed by atoms with Gasteiger partial charge in [-0.1, -0.05) is 6.07 Å². The smallest absolute Gasteiger partial charge is 0.261 e. The maximum atomic E-state index is 13.4. The summed E-state index contributed by atoms with van der Waals surface area (Å²) in [6, 6.07) is 11.1. The van der Waals surface area contributed by atoms with Crippen LogP contribution in [0.1, 0.15) is 41.0 Å². The monoisotopic (exact) mass is 507 g/mol. The van der Waals surface area contributed by atoms with Crippen LogP contribution in [0.2, 0.25) is 0 Å². The Hall–Kier alpha value is -3.66. The van der Waals surface area contributed by atoms with Crippen molar-refractivity contribution < 1.29 is 17.9 Å². The predicted molar refractivity (Wildman–Crippen MR) is 140 cm³/mol. The lowest BCUT2D eigenvalue weighted by molar-refractivity contribution is 0.0994. The van der Waals surface area contributed by atoms with E-state index in [9.17, 15) is 13.2 Å². The Kier molecular flexibility index (Phi) is 6.07. The van der Waals surface area contributed by atoms with Crippen LogP contribution in [-0.4, -0.2) is 51.0 Å². The molecule has 0 spiro atoms. The molecule has 0 fully saturated rings. The first kappa shape index (κ1) is 24.1. The van der Waals surface area contributed by atoms with Gasteiger partial charge >= 0.3 is 0 Å². The second-order valence-corrected chi connectivity index (χ2v) is 10.8. The summed E-state index contributed by atoms with van der Waals surface area (Å²) < 4.78 is 32.4. The number of rotatable bonds is 6. The van der Waals surface area contributed by atoms with Gasteiger partial charge in [0.05, 0.1) is 23.5 Å². The summed E-state index contributed by atoms with van der Waals surface area (Å²) in [6.07, 6.45) is 2.28. The molecule has 5 rings (SSSR count). The molecule has 3 aromatic rings. The van der Waals surface area contributed by atoms with E-state index < -0.39 is 10.0 Å². The molecule has 4 heterocycles. The highest BCUT2D eigenvalue weighted by atomic mass is 32.2. The van der Waals surface area contributed by atoms with Crippen molar-refractivity contribution in [2.75, 3.05) is 40.8 Å². The molecule has 0 aliphatic carbocycles. The van der Waals surface area contributed by atoms with Gasteiger partial charge in [-0.05, 0) is 56.7 Å². The number of aromatic nitrogens is 2. The Morgan fingerprint density at radius 1 is 1.06 bits per heavy atom. The van der Waals surface area contributed by atoms with Crippen LogP contribution in [0.15, 0.2) is 42.6 Å². The number of ether oxygens (including phenoxy) is 1. The van der Waals surface area contributed by atoms with Gasteiger partial charge in [-0.25, -0.2) is 18.4 Å². The Morgan fingerprint density at radius 2 is 1.86 bits per heavy atom. The Balaban J connectivity index is 1.39. The molecular formula is C26H29N5O4S. The maximum Gasteiger partial charge on any atom is 0.261 e. The number of hydrogen-bond donors (Lipinski definition) is 0. The van der Waals surface area contributed by atoms with Crippen LogP contribution >= 0.6 is 0 Å². The number of amides is 1. The topological polar surface area (TPSA) is 95.9 Å². The second-order valence-electron chi connectivity index (χ2n) is 8.89. The summed E-state index contributed by atoms with van der Waals surface area (Å²) >= 11 is 0. The van der Waals surface area contributed by atoms with Crippen molar-refractivity contribution in [1.29, 1.82) is 0 Å². The molecule has 9 nitrogen and oxygen atoms in total. The first-order chi connectivity index (χ1) is 17.2. The summed E-state index contributed by atoms with van der Waals surface area (Å²) in [6.45, 7) is 7.08. The number of carbonyl (C=O) groups excluding carboxylic acids is 1. The number of hydrogen-bond acceptors (Lipinski definition) is 7. The molecule has 2 aromatic heterocycles. The second kappa shape index (κ2) is 9.09. The number of benzene rings is 1. The molecule has 0 saturated carbocycles. The zero-order chi connectivity index (χ0) is 25.6. The summed E-state index contributed by atoms with van der Waals surface area (Å²) in [4.78, 5) is 26.3. The molecule has 2 aliphatic rings. The zero-order valence-electron chi connectivity index (χ0n) is 20.9. The Bertz CT molecular complexity index is 1460. The lowest BCUT2D eigenvalue weighted by Crippen LogP contribution is -2.25. The quantitative estimate of drug-likeness (QED) is 0.500. The molecule has 36 heavy (non-hydrogen) atoms. The standard InChI is InChI=1S/C26H29N5O4S/c1-5-30-24-19(26(32)29(4)22-11-10-17(3)28-25(22)30)14-18(15-27-24)12-13-35-23-9-7-8-21-20(23)16-36(33,34)31(21)6-2/h7-11,14-15H,5-6,12-13,16H2,1-4H3. The molecule has 0 saturated heterocycles. The average Bonchev–Trinajstić information content (AvgIpc) is 3.09. The minimum Gasteiger partial charge on any atom is -0.493 e. The van der Waals surface area contributed by atoms with Crippen LogP contribution in [0.5, 0.6) is 5.75 Å². The molecule has 1 amide bonds. The molecular weight excluding hydrogens is 478 g/mol. The molecule has 0 radical (unpaired) electrons. The number of nitrogens with zero attached hydrogens (tertiary/aromatic N) is 5. The summed E-state index contributed by atoms with van der Waals surface area (Å²) in [5.41, 5.74) is 4.35. The van der Waals surface area contributed by atoms with E-state index in [-0.39, 0.29) is 11.7 Å². The van der Waals surface area contributed by atoms with Crippen molar-refractivity contribution in [2.24, 2.45) is 0 Å². The van der Waals surface area contributed by atoms with Gasteiger partial charge < -0.3 is 14.5 Å². The zero-order valence-corrected chi connectivity index (χ0v) is 21.7. The number of fused-ring (bicyclic) bond motifs is 3. The Labute approximate surface area is 211 Å². The van der Waals surface area contributed by atoms with E-state index in [1.165, 1.54) is 4.31 Å². The molecule has 1 aromatic carbocycles. The first-order valence-corrected chi connectivity index (χ1v) is 13.6. The highest BCUT2D eigenvalue weighted by Gasteiger charge is 2.34. The average molecular weight is 508 g/mol. The lowest BCUT2D eigenvalue weighted by Gasteiger charge is -2.23. The first-order valence-electron chi connectivity index (χ1n) is 12.0. The maximum absolute atomic E-state index is 13.4. The lowest BCUT2D eigenvalue weighted by atomic mass is 10.1. The van der Waals surface area contributed by atoms with Crippen molar-refractivity contribution in [3.63, 3.8) is 0 Å². The third-order valence-electron chi connectivity index (χ3n) is 6.62. The van der Waals surface area contributed by atoms with Gasteiger partial charge in [-0.3, -0.25) is 9.10 Å². The van der Waals surface area contributed by atoms with Gasteiger partial charge in [0.25, 0.3) is 5.91 Å². The van der Waals surface area contributed by atoms with E-state index in [2.05, 4.69) is 4.98 Å². The van der Waals surface area contributed by atoms with E-state index in [0.717, 1.165) is 16.9 Å². The van der Waals surface area contributed by atoms with Gasteiger partial charge in [0.2, 0.25) is 10.0 Å². The van der Waals surface area contributed by atoms with E-state index in [0.29, 0.717) is 60.3 Å². The normalized spacial score (nSPS) is 15.9. The number of sulfonamides is 1. The fourth-order valence-electron chi connectivity index (χ4n) is 4.82.